The van der Waals surface area contributed by atoms with E-state index < -0.39 is 9.84 Å². The molecule has 2 unspecified atom stereocenters. The van der Waals surface area contributed by atoms with Gasteiger partial charge in [0, 0.05) is 12.3 Å². The summed E-state index contributed by atoms with van der Waals surface area (Å²) in [5, 5.41) is 0. The van der Waals surface area contributed by atoms with Gasteiger partial charge in [0.2, 0.25) is 0 Å². The number of hydrogen-bond acceptors (Lipinski definition) is 3. The highest BCUT2D eigenvalue weighted by Gasteiger charge is 2.30. The van der Waals surface area contributed by atoms with Crippen LogP contribution in [-0.2, 0) is 14.6 Å². The van der Waals surface area contributed by atoms with Gasteiger partial charge in [0.15, 0.2) is 9.84 Å². The van der Waals surface area contributed by atoms with E-state index in [-0.39, 0.29) is 29.1 Å². The molecule has 0 aromatic carbocycles. The Balaban J connectivity index is 2.40. The van der Waals surface area contributed by atoms with E-state index in [9.17, 15) is 13.2 Å². The van der Waals surface area contributed by atoms with Crippen molar-refractivity contribution in [2.24, 2.45) is 11.8 Å². The highest BCUT2D eigenvalue weighted by molar-refractivity contribution is 7.91. The minimum absolute atomic E-state index is 0.0850. The number of ketones is 1. The molecule has 1 aliphatic heterocycles. The van der Waals surface area contributed by atoms with Crippen LogP contribution in [0.5, 0.6) is 0 Å². The first-order valence-electron chi connectivity index (χ1n) is 5.67. The third-order valence-electron chi connectivity index (χ3n) is 3.09. The van der Waals surface area contributed by atoms with Crippen LogP contribution in [0.2, 0.25) is 0 Å². The van der Waals surface area contributed by atoms with E-state index in [0.29, 0.717) is 12.8 Å². The molecule has 1 aliphatic rings. The van der Waals surface area contributed by atoms with Crippen LogP contribution in [0.4, 0.5) is 0 Å². The highest BCUT2D eigenvalue weighted by Crippen LogP contribution is 2.24. The van der Waals surface area contributed by atoms with Gasteiger partial charge in [0.1, 0.15) is 5.78 Å². The second-order valence-electron chi connectivity index (χ2n) is 4.63. The van der Waals surface area contributed by atoms with E-state index in [1.807, 2.05) is 6.92 Å². The van der Waals surface area contributed by atoms with Gasteiger partial charge in [-0.3, -0.25) is 4.79 Å². The number of Topliss-reactive ketones (excluding diaryl/α,β-unsaturated/α-hetero) is 1. The van der Waals surface area contributed by atoms with Crippen molar-refractivity contribution < 1.29 is 13.2 Å². The van der Waals surface area contributed by atoms with E-state index in [1.165, 1.54) is 0 Å². The van der Waals surface area contributed by atoms with Crippen LogP contribution >= 0.6 is 0 Å². The monoisotopic (exact) mass is 232 g/mol. The van der Waals surface area contributed by atoms with Crippen molar-refractivity contribution in [3.05, 3.63) is 0 Å². The van der Waals surface area contributed by atoms with Gasteiger partial charge in [-0.1, -0.05) is 20.3 Å². The molecule has 0 bridgehead atoms. The summed E-state index contributed by atoms with van der Waals surface area (Å²) in [6.07, 6.45) is 3.06. The van der Waals surface area contributed by atoms with Crippen molar-refractivity contribution in [2.75, 3.05) is 11.5 Å². The quantitative estimate of drug-likeness (QED) is 0.726. The average Bonchev–Trinajstić information content (AvgIpc) is 2.46. The molecule has 0 aromatic heterocycles. The molecule has 0 aliphatic carbocycles. The number of carbonyl (C=O) groups excluding carboxylic acids is 1. The van der Waals surface area contributed by atoms with E-state index in [0.717, 1.165) is 12.8 Å². The van der Waals surface area contributed by atoms with Crippen LogP contribution in [-0.4, -0.2) is 25.7 Å². The second kappa shape index (κ2) is 5.10. The lowest BCUT2D eigenvalue weighted by molar-refractivity contribution is -0.123. The van der Waals surface area contributed by atoms with E-state index in [4.69, 9.17) is 0 Å². The number of hydrogen-bond donors (Lipinski definition) is 0. The molecule has 0 amide bonds. The molecule has 0 saturated carbocycles. The normalized spacial score (nSPS) is 26.4. The molecule has 0 N–H and O–H groups in total. The highest BCUT2D eigenvalue weighted by atomic mass is 32.2. The standard InChI is InChI=1S/C11H20O3S/c1-3-4-9(2)11(12)7-10-5-6-15(13,14)8-10/h9-10H,3-8H2,1-2H3. The smallest absolute Gasteiger partial charge is 0.150 e. The fraction of sp³-hybridized carbons (Fsp3) is 0.909. The molecule has 1 heterocycles. The van der Waals surface area contributed by atoms with Gasteiger partial charge in [-0.05, 0) is 18.8 Å². The molecule has 4 heteroatoms. The Morgan fingerprint density at radius 3 is 2.60 bits per heavy atom. The summed E-state index contributed by atoms with van der Waals surface area (Å²) in [6.45, 7) is 4.00. The fourth-order valence-electron chi connectivity index (χ4n) is 2.11. The van der Waals surface area contributed by atoms with Crippen molar-refractivity contribution in [3.63, 3.8) is 0 Å². The summed E-state index contributed by atoms with van der Waals surface area (Å²) in [5.41, 5.74) is 0. The largest absolute Gasteiger partial charge is 0.299 e. The number of rotatable bonds is 5. The zero-order chi connectivity index (χ0) is 11.5. The lowest BCUT2D eigenvalue weighted by atomic mass is 9.92. The molecule has 1 saturated heterocycles. The van der Waals surface area contributed by atoms with E-state index in [2.05, 4.69) is 6.92 Å². The Labute approximate surface area is 92.2 Å². The van der Waals surface area contributed by atoms with E-state index in [1.54, 1.807) is 0 Å². The van der Waals surface area contributed by atoms with Crippen molar-refractivity contribution >= 4 is 15.6 Å². The Morgan fingerprint density at radius 2 is 2.13 bits per heavy atom. The van der Waals surface area contributed by atoms with Crippen LogP contribution in [0.1, 0.15) is 39.5 Å². The van der Waals surface area contributed by atoms with Gasteiger partial charge in [-0.2, -0.15) is 0 Å². The first-order chi connectivity index (χ1) is 6.94. The average molecular weight is 232 g/mol. The van der Waals surface area contributed by atoms with Crippen LogP contribution < -0.4 is 0 Å². The Bertz CT molecular complexity index is 319. The summed E-state index contributed by atoms with van der Waals surface area (Å²) in [4.78, 5) is 11.7. The topological polar surface area (TPSA) is 51.2 Å². The first kappa shape index (κ1) is 12.7. The zero-order valence-corrected chi connectivity index (χ0v) is 10.3. The molecular formula is C11H20O3S. The van der Waals surface area contributed by atoms with Crippen molar-refractivity contribution in [2.45, 2.75) is 39.5 Å². The minimum atomic E-state index is -2.83. The van der Waals surface area contributed by atoms with Crippen LogP contribution in [0.3, 0.4) is 0 Å². The molecule has 0 radical (unpaired) electrons. The molecule has 2 atom stereocenters. The van der Waals surface area contributed by atoms with Gasteiger partial charge in [0.05, 0.1) is 11.5 Å². The molecule has 0 aromatic rings. The van der Waals surface area contributed by atoms with Crippen molar-refractivity contribution in [3.8, 4) is 0 Å². The SMILES string of the molecule is CCCC(C)C(=O)CC1CCS(=O)(=O)C1. The van der Waals surface area contributed by atoms with Gasteiger partial charge >= 0.3 is 0 Å². The van der Waals surface area contributed by atoms with Gasteiger partial charge in [-0.25, -0.2) is 8.42 Å². The van der Waals surface area contributed by atoms with Gasteiger partial charge in [-0.15, -0.1) is 0 Å². The first-order valence-corrected chi connectivity index (χ1v) is 7.50. The summed E-state index contributed by atoms with van der Waals surface area (Å²) in [6, 6.07) is 0. The molecule has 1 rings (SSSR count). The fourth-order valence-corrected chi connectivity index (χ4v) is 3.97. The van der Waals surface area contributed by atoms with Gasteiger partial charge < -0.3 is 0 Å². The third kappa shape index (κ3) is 3.93. The maximum atomic E-state index is 11.7. The van der Waals surface area contributed by atoms with Crippen LogP contribution in [0.25, 0.3) is 0 Å². The van der Waals surface area contributed by atoms with Crippen LogP contribution in [0, 0.1) is 11.8 Å². The predicted octanol–water partition coefficient (Wildman–Crippen LogP) is 1.82. The molecule has 88 valence electrons. The predicted molar refractivity (Wildman–Crippen MR) is 60.5 cm³/mol. The lowest BCUT2D eigenvalue weighted by Crippen LogP contribution is -2.16. The molecular weight excluding hydrogens is 212 g/mol. The lowest BCUT2D eigenvalue weighted by Gasteiger charge is -2.11. The molecule has 15 heavy (non-hydrogen) atoms. The molecule has 0 spiro atoms. The molecule has 3 nitrogen and oxygen atoms in total. The zero-order valence-electron chi connectivity index (χ0n) is 9.53. The number of carbonyl (C=O) groups is 1. The van der Waals surface area contributed by atoms with Crippen LogP contribution in [0.15, 0.2) is 0 Å². The maximum Gasteiger partial charge on any atom is 0.150 e. The Kier molecular flexibility index (Phi) is 4.32. The van der Waals surface area contributed by atoms with E-state index >= 15 is 0 Å². The Hall–Kier alpha value is -0.380. The minimum Gasteiger partial charge on any atom is -0.299 e. The van der Waals surface area contributed by atoms with Crippen molar-refractivity contribution in [1.29, 1.82) is 0 Å². The number of sulfone groups is 1. The van der Waals surface area contributed by atoms with Gasteiger partial charge in [0.25, 0.3) is 0 Å². The maximum absolute atomic E-state index is 11.7. The summed E-state index contributed by atoms with van der Waals surface area (Å²) >= 11 is 0. The summed E-state index contributed by atoms with van der Waals surface area (Å²) in [7, 11) is -2.83. The van der Waals surface area contributed by atoms with Crippen molar-refractivity contribution in [1.82, 2.24) is 0 Å². The second-order valence-corrected chi connectivity index (χ2v) is 6.86. The molecule has 1 fully saturated rings. The third-order valence-corrected chi connectivity index (χ3v) is 4.92. The Morgan fingerprint density at radius 1 is 1.47 bits per heavy atom. The summed E-state index contributed by atoms with van der Waals surface area (Å²) in [5.74, 6) is 0.907. The summed E-state index contributed by atoms with van der Waals surface area (Å²) < 4.78 is 22.4.